The largest absolute Gasteiger partial charge is 0.460 e. The summed E-state index contributed by atoms with van der Waals surface area (Å²) in [6, 6.07) is 20.9. The van der Waals surface area contributed by atoms with E-state index < -0.39 is 0 Å². The second-order valence-corrected chi connectivity index (χ2v) is 10.3. The zero-order chi connectivity index (χ0) is 24.9. The third-order valence-electron chi connectivity index (χ3n) is 7.75. The molecule has 2 aromatic heterocycles. The minimum Gasteiger partial charge on any atom is -0.460 e. The van der Waals surface area contributed by atoms with E-state index >= 15 is 0 Å². The van der Waals surface area contributed by atoms with Gasteiger partial charge in [-0.25, -0.2) is 0 Å². The topological polar surface area (TPSA) is 48.5 Å². The molecule has 0 atom stereocenters. The number of furan rings is 2. The van der Waals surface area contributed by atoms with Gasteiger partial charge < -0.3 is 13.6 Å². The quantitative estimate of drug-likeness (QED) is 0.302. The predicted octanol–water partition coefficient (Wildman–Crippen LogP) is 4.13. The van der Waals surface area contributed by atoms with Crippen molar-refractivity contribution >= 4 is 21.9 Å². The molecule has 2 saturated heterocycles. The van der Waals surface area contributed by atoms with Crippen LogP contribution in [0.1, 0.15) is 11.5 Å². The first-order valence-electron chi connectivity index (χ1n) is 13.7. The highest BCUT2D eigenvalue weighted by Crippen LogP contribution is 2.21. The summed E-state index contributed by atoms with van der Waals surface area (Å²) < 4.78 is 18.0. The molecule has 2 aliphatic heterocycles. The fraction of sp³-hybridized carbons (Fsp3) is 0.467. The fourth-order valence-corrected chi connectivity index (χ4v) is 5.50. The third-order valence-corrected chi connectivity index (χ3v) is 7.75. The van der Waals surface area contributed by atoms with E-state index in [9.17, 15) is 0 Å². The molecule has 196 valence electrons. The van der Waals surface area contributed by atoms with Crippen molar-refractivity contribution in [1.29, 1.82) is 0 Å². The first-order valence-corrected chi connectivity index (χ1v) is 13.7. The van der Waals surface area contributed by atoms with Crippen LogP contribution in [0.5, 0.6) is 0 Å². The SMILES string of the molecule is c1ccc2oc(CN3CCN(CCOCCN4CCN(Cc5cc6ccccc6o5)CC4)CC3)cc2c1. The Morgan fingerprint density at radius 3 is 1.38 bits per heavy atom. The molecule has 37 heavy (non-hydrogen) atoms. The number of nitrogens with zero attached hydrogens (tertiary/aromatic N) is 4. The smallest absolute Gasteiger partial charge is 0.134 e. The molecule has 0 N–H and O–H groups in total. The summed E-state index contributed by atoms with van der Waals surface area (Å²) in [5, 5.41) is 2.38. The number of rotatable bonds is 10. The molecule has 2 fully saturated rings. The van der Waals surface area contributed by atoms with Gasteiger partial charge in [-0.2, -0.15) is 0 Å². The van der Waals surface area contributed by atoms with E-state index in [4.69, 9.17) is 13.6 Å². The predicted molar refractivity (Wildman–Crippen MR) is 147 cm³/mol. The van der Waals surface area contributed by atoms with Gasteiger partial charge in [0.2, 0.25) is 0 Å². The second kappa shape index (κ2) is 11.8. The zero-order valence-electron chi connectivity index (χ0n) is 21.7. The van der Waals surface area contributed by atoms with Crippen molar-refractivity contribution in [2.75, 3.05) is 78.7 Å². The molecule has 7 nitrogen and oxygen atoms in total. The number of para-hydroxylation sites is 2. The molecule has 0 saturated carbocycles. The highest BCUT2D eigenvalue weighted by atomic mass is 16.5. The maximum atomic E-state index is 6.01. The van der Waals surface area contributed by atoms with Crippen LogP contribution in [0.15, 0.2) is 69.5 Å². The molecule has 6 rings (SSSR count). The minimum atomic E-state index is 0.815. The highest BCUT2D eigenvalue weighted by molar-refractivity contribution is 5.78. The Morgan fingerprint density at radius 1 is 0.541 bits per heavy atom. The van der Waals surface area contributed by atoms with Gasteiger partial charge in [-0.05, 0) is 24.3 Å². The van der Waals surface area contributed by atoms with Crippen molar-refractivity contribution in [3.8, 4) is 0 Å². The van der Waals surface area contributed by atoms with Crippen LogP contribution in [0.2, 0.25) is 0 Å². The van der Waals surface area contributed by atoms with Gasteiger partial charge in [0.15, 0.2) is 0 Å². The van der Waals surface area contributed by atoms with Gasteiger partial charge in [0.05, 0.1) is 26.3 Å². The molecule has 0 unspecified atom stereocenters. The lowest BCUT2D eigenvalue weighted by Gasteiger charge is -2.35. The Hall–Kier alpha value is -2.68. The third kappa shape index (κ3) is 6.43. The summed E-state index contributed by atoms with van der Waals surface area (Å²) in [5.41, 5.74) is 1.97. The normalized spacial score (nSPS) is 18.8. The van der Waals surface area contributed by atoms with Crippen LogP contribution in [0.4, 0.5) is 0 Å². The molecule has 2 aliphatic rings. The van der Waals surface area contributed by atoms with E-state index in [-0.39, 0.29) is 0 Å². The number of fused-ring (bicyclic) bond motifs is 2. The Kier molecular flexibility index (Phi) is 7.86. The van der Waals surface area contributed by atoms with Gasteiger partial charge in [0, 0.05) is 76.2 Å². The summed E-state index contributed by atoms with van der Waals surface area (Å²) in [6.07, 6.45) is 0. The lowest BCUT2D eigenvalue weighted by atomic mass is 10.2. The van der Waals surface area contributed by atoms with Gasteiger partial charge >= 0.3 is 0 Å². The Balaban J connectivity index is 0.824. The average Bonchev–Trinajstić information content (AvgIpc) is 3.53. The van der Waals surface area contributed by atoms with Gasteiger partial charge in [-0.1, -0.05) is 36.4 Å². The minimum absolute atomic E-state index is 0.815. The summed E-state index contributed by atoms with van der Waals surface area (Å²) >= 11 is 0. The second-order valence-electron chi connectivity index (χ2n) is 10.3. The van der Waals surface area contributed by atoms with E-state index in [1.54, 1.807) is 0 Å². The number of hydrogen-bond acceptors (Lipinski definition) is 7. The monoisotopic (exact) mass is 502 g/mol. The average molecular weight is 503 g/mol. The molecule has 0 amide bonds. The van der Waals surface area contributed by atoms with Crippen molar-refractivity contribution < 1.29 is 13.6 Å². The first kappa shape index (κ1) is 24.6. The van der Waals surface area contributed by atoms with Gasteiger partial charge in [0.1, 0.15) is 22.7 Å². The van der Waals surface area contributed by atoms with Crippen molar-refractivity contribution in [3.63, 3.8) is 0 Å². The van der Waals surface area contributed by atoms with Crippen LogP contribution >= 0.6 is 0 Å². The Labute approximate surface area is 219 Å². The number of hydrogen-bond donors (Lipinski definition) is 0. The summed E-state index contributed by atoms with van der Waals surface area (Å²) in [5.74, 6) is 2.13. The maximum Gasteiger partial charge on any atom is 0.134 e. The molecule has 7 heteroatoms. The van der Waals surface area contributed by atoms with Gasteiger partial charge in [0.25, 0.3) is 0 Å². The first-order chi connectivity index (χ1) is 18.3. The fourth-order valence-electron chi connectivity index (χ4n) is 5.50. The standard InChI is InChI=1S/C30H38N4O3/c1-3-7-29-25(5-1)21-27(36-29)23-33-13-9-31(10-14-33)17-19-35-20-18-32-11-15-34(16-12-32)24-28-22-26-6-2-4-8-30(26)37-28/h1-8,21-22H,9-20,23-24H2. The van der Waals surface area contributed by atoms with Crippen molar-refractivity contribution in [2.24, 2.45) is 0 Å². The van der Waals surface area contributed by atoms with Gasteiger partial charge in [-0.15, -0.1) is 0 Å². The molecule has 0 bridgehead atoms. The lowest BCUT2D eigenvalue weighted by Crippen LogP contribution is -2.47. The highest BCUT2D eigenvalue weighted by Gasteiger charge is 2.20. The molecule has 0 aliphatic carbocycles. The van der Waals surface area contributed by atoms with Gasteiger partial charge in [-0.3, -0.25) is 19.6 Å². The van der Waals surface area contributed by atoms with E-state index in [2.05, 4.69) is 56.0 Å². The van der Waals surface area contributed by atoms with Crippen molar-refractivity contribution in [3.05, 3.63) is 72.2 Å². The summed E-state index contributed by atoms with van der Waals surface area (Å²) in [7, 11) is 0. The maximum absolute atomic E-state index is 6.01. The van der Waals surface area contributed by atoms with E-state index in [0.717, 1.165) is 114 Å². The molecule has 0 radical (unpaired) electrons. The van der Waals surface area contributed by atoms with Crippen LogP contribution < -0.4 is 0 Å². The van der Waals surface area contributed by atoms with E-state index in [0.29, 0.717) is 0 Å². The van der Waals surface area contributed by atoms with Crippen molar-refractivity contribution in [1.82, 2.24) is 19.6 Å². The molecule has 4 aromatic rings. The summed E-state index contributed by atoms with van der Waals surface area (Å²) in [6.45, 7) is 14.1. The molecular formula is C30H38N4O3. The molecule has 2 aromatic carbocycles. The van der Waals surface area contributed by atoms with Crippen LogP contribution in [0.25, 0.3) is 21.9 Å². The molecule has 0 spiro atoms. The molecular weight excluding hydrogens is 464 g/mol. The van der Waals surface area contributed by atoms with Crippen LogP contribution in [-0.2, 0) is 17.8 Å². The van der Waals surface area contributed by atoms with Crippen molar-refractivity contribution in [2.45, 2.75) is 13.1 Å². The van der Waals surface area contributed by atoms with Crippen LogP contribution in [0, 0.1) is 0 Å². The molecule has 4 heterocycles. The van der Waals surface area contributed by atoms with E-state index in [1.165, 1.54) is 10.8 Å². The summed E-state index contributed by atoms with van der Waals surface area (Å²) in [4.78, 5) is 10.0. The Morgan fingerprint density at radius 2 is 0.946 bits per heavy atom. The number of ether oxygens (including phenoxy) is 1. The number of benzene rings is 2. The van der Waals surface area contributed by atoms with Crippen LogP contribution in [-0.4, -0.2) is 98.3 Å². The lowest BCUT2D eigenvalue weighted by molar-refractivity contribution is 0.0496. The Bertz CT molecular complexity index is 1100. The van der Waals surface area contributed by atoms with E-state index in [1.807, 2.05) is 24.3 Å². The van der Waals surface area contributed by atoms with Crippen LogP contribution in [0.3, 0.4) is 0 Å². The zero-order valence-corrected chi connectivity index (χ0v) is 21.7. The number of piperazine rings is 2.